The molecule has 4 rings (SSSR count). The lowest BCUT2D eigenvalue weighted by molar-refractivity contribution is -0.138. The van der Waals surface area contributed by atoms with Crippen LogP contribution in [0.3, 0.4) is 0 Å². The molecular weight excluding hydrogens is 466 g/mol. The number of benzene rings is 3. The van der Waals surface area contributed by atoms with Gasteiger partial charge in [-0.25, -0.2) is 0 Å². The molecule has 1 N–H and O–H groups in total. The van der Waals surface area contributed by atoms with Crippen LogP contribution in [0.4, 0.5) is 0 Å². The molecule has 3 nitrogen and oxygen atoms in total. The molecule has 3 aromatic carbocycles. The van der Waals surface area contributed by atoms with Gasteiger partial charge in [0.15, 0.2) is 9.04 Å². The van der Waals surface area contributed by atoms with Crippen LogP contribution in [0.25, 0.3) is 0 Å². The van der Waals surface area contributed by atoms with E-state index in [1.165, 1.54) is 16.7 Å². The van der Waals surface area contributed by atoms with E-state index >= 15 is 0 Å². The first-order valence-electron chi connectivity index (χ1n) is 12.5. The van der Waals surface area contributed by atoms with Crippen molar-refractivity contribution in [2.75, 3.05) is 6.61 Å². The molecule has 5 heteroatoms. The second-order valence-corrected chi connectivity index (χ2v) is 14.5. The van der Waals surface area contributed by atoms with Gasteiger partial charge in [-0.3, -0.25) is 4.79 Å². The lowest BCUT2D eigenvalue weighted by atomic mass is 9.71. The van der Waals surface area contributed by atoms with Crippen molar-refractivity contribution in [1.82, 2.24) is 5.32 Å². The van der Waals surface area contributed by atoms with Gasteiger partial charge in [-0.15, -0.1) is 11.8 Å². The number of amides is 1. The highest BCUT2D eigenvalue weighted by Crippen LogP contribution is 2.54. The van der Waals surface area contributed by atoms with E-state index in [0.717, 1.165) is 0 Å². The lowest BCUT2D eigenvalue weighted by Crippen LogP contribution is -2.62. The highest BCUT2D eigenvalue weighted by Gasteiger charge is 2.52. The van der Waals surface area contributed by atoms with Crippen LogP contribution >= 0.6 is 11.8 Å². The Hall–Kier alpha value is -2.34. The summed E-state index contributed by atoms with van der Waals surface area (Å²) < 4.78 is 5.76. The van der Waals surface area contributed by atoms with Crippen molar-refractivity contribution >= 4 is 26.7 Å². The van der Waals surface area contributed by atoms with Gasteiger partial charge in [-0.05, 0) is 35.2 Å². The largest absolute Gasteiger partial charge is 0.420 e. The van der Waals surface area contributed by atoms with E-state index in [-0.39, 0.29) is 28.5 Å². The van der Waals surface area contributed by atoms with Gasteiger partial charge >= 0.3 is 0 Å². The summed E-state index contributed by atoms with van der Waals surface area (Å²) in [5.74, 6) is 0.173. The molecule has 0 bridgehead atoms. The molecule has 1 heterocycles. The maximum absolute atomic E-state index is 13.1. The van der Waals surface area contributed by atoms with Crippen LogP contribution < -0.4 is 5.32 Å². The molecule has 0 aliphatic carbocycles. The zero-order valence-corrected chi connectivity index (χ0v) is 23.4. The molecule has 1 amide bonds. The molecule has 3 unspecified atom stereocenters. The molecule has 0 spiro atoms. The van der Waals surface area contributed by atoms with Crippen LogP contribution in [-0.4, -0.2) is 26.9 Å². The Kier molecular flexibility index (Phi) is 7.89. The van der Waals surface area contributed by atoms with E-state index < -0.39 is 13.8 Å². The third-order valence-corrected chi connectivity index (χ3v) is 9.50. The van der Waals surface area contributed by atoms with Gasteiger partial charge in [-0.1, -0.05) is 112 Å². The molecule has 0 aromatic heterocycles. The summed E-state index contributed by atoms with van der Waals surface area (Å²) in [5.41, 5.74) is 3.58. The van der Waals surface area contributed by atoms with Crippen LogP contribution in [0, 0.1) is 17.3 Å². The van der Waals surface area contributed by atoms with Crippen molar-refractivity contribution in [3.8, 4) is 0 Å². The Balaban J connectivity index is 1.81. The summed E-state index contributed by atoms with van der Waals surface area (Å²) in [5, 5.41) is 3.25. The predicted molar refractivity (Wildman–Crippen MR) is 150 cm³/mol. The monoisotopic (exact) mass is 503 g/mol. The topological polar surface area (TPSA) is 38.3 Å². The number of hydrogen-bond donors (Lipinski definition) is 1. The van der Waals surface area contributed by atoms with Gasteiger partial charge in [0, 0.05) is 12.5 Å². The number of rotatable bonds is 9. The van der Waals surface area contributed by atoms with Gasteiger partial charge < -0.3 is 9.74 Å². The van der Waals surface area contributed by atoms with Gasteiger partial charge in [0.25, 0.3) is 0 Å². The first kappa shape index (κ1) is 25.7. The van der Waals surface area contributed by atoms with Crippen molar-refractivity contribution in [3.63, 3.8) is 0 Å². The fraction of sp³-hybridized carbons (Fsp3) is 0.367. The van der Waals surface area contributed by atoms with E-state index in [9.17, 15) is 4.79 Å². The van der Waals surface area contributed by atoms with Crippen molar-refractivity contribution in [3.05, 3.63) is 108 Å². The van der Waals surface area contributed by atoms with E-state index in [1.807, 2.05) is 11.8 Å². The number of carbonyl (C=O) groups excluding carboxylic acids is 1. The molecule has 3 aromatic rings. The molecule has 35 heavy (non-hydrogen) atoms. The Morgan fingerprint density at radius 1 is 0.829 bits per heavy atom. The Labute approximate surface area is 216 Å². The zero-order chi connectivity index (χ0) is 25.1. The van der Waals surface area contributed by atoms with Gasteiger partial charge in [0.05, 0.1) is 16.0 Å². The normalized spacial score (nSPS) is 19.2. The summed E-state index contributed by atoms with van der Waals surface area (Å²) in [7, 11) is -1.20. The van der Waals surface area contributed by atoms with E-state index in [1.54, 1.807) is 0 Å². The maximum Gasteiger partial charge on any atom is 0.227 e. The molecule has 1 fully saturated rings. The second-order valence-electron chi connectivity index (χ2n) is 10.7. The molecule has 0 saturated carbocycles. The van der Waals surface area contributed by atoms with Gasteiger partial charge in [-0.2, -0.15) is 0 Å². The highest BCUT2D eigenvalue weighted by atomic mass is 32.2. The molecule has 1 saturated heterocycles. The van der Waals surface area contributed by atoms with Crippen molar-refractivity contribution in [1.29, 1.82) is 0 Å². The fourth-order valence-electron chi connectivity index (χ4n) is 4.97. The SMILES string of the molecule is C[SiH](C)OCC(C1C(=O)NC1SC(c1ccccc1)(c1ccccc1)c1ccccc1)C(C)(C)C. The summed E-state index contributed by atoms with van der Waals surface area (Å²) in [6, 6.07) is 32.0. The summed E-state index contributed by atoms with van der Waals surface area (Å²) >= 11 is 1.85. The first-order chi connectivity index (χ1) is 16.7. The molecule has 3 atom stereocenters. The number of hydrogen-bond acceptors (Lipinski definition) is 3. The quantitative estimate of drug-likeness (QED) is 0.207. The number of thioether (sulfide) groups is 1. The molecule has 0 radical (unpaired) electrons. The van der Waals surface area contributed by atoms with Crippen molar-refractivity contribution in [2.24, 2.45) is 17.3 Å². The average molecular weight is 504 g/mol. The fourth-order valence-corrected chi connectivity index (χ4v) is 7.39. The van der Waals surface area contributed by atoms with Crippen LogP contribution in [0.5, 0.6) is 0 Å². The minimum absolute atomic E-state index is 0.0234. The Bertz CT molecular complexity index is 1000. The Morgan fingerprint density at radius 3 is 1.60 bits per heavy atom. The number of nitrogens with one attached hydrogen (secondary N) is 1. The minimum Gasteiger partial charge on any atom is -0.420 e. The molecule has 1 aliphatic heterocycles. The lowest BCUT2D eigenvalue weighted by Gasteiger charge is -2.49. The standard InChI is InChI=1S/C30H37NO2SSi/c1-29(2,3)25(21-33-35(4)5)26-27(32)31-28(26)34-30(22-15-9-6-10-16-22,23-17-11-7-12-18-23)24-19-13-8-14-20-24/h6-20,25-26,28,35H,21H2,1-5H3,(H,31,32). The predicted octanol–water partition coefficient (Wildman–Crippen LogP) is 6.45. The molecule has 1 aliphatic rings. The smallest absolute Gasteiger partial charge is 0.227 e. The summed E-state index contributed by atoms with van der Waals surface area (Å²) in [4.78, 5) is 13.1. The number of β-lactam (4-membered cyclic amide) rings is 1. The average Bonchev–Trinajstić information content (AvgIpc) is 2.85. The van der Waals surface area contributed by atoms with Gasteiger partial charge in [0.2, 0.25) is 5.91 Å². The van der Waals surface area contributed by atoms with Crippen LogP contribution in [0.15, 0.2) is 91.0 Å². The summed E-state index contributed by atoms with van der Waals surface area (Å²) in [6.07, 6.45) is 0. The number of carbonyl (C=O) groups is 1. The van der Waals surface area contributed by atoms with Crippen LogP contribution in [-0.2, 0) is 14.0 Å². The van der Waals surface area contributed by atoms with Crippen LogP contribution in [0.1, 0.15) is 37.5 Å². The van der Waals surface area contributed by atoms with Crippen LogP contribution in [0.2, 0.25) is 13.1 Å². The molecular formula is C30H37NO2SSi. The van der Waals surface area contributed by atoms with E-state index in [4.69, 9.17) is 4.43 Å². The minimum atomic E-state index is -1.20. The van der Waals surface area contributed by atoms with Crippen molar-refractivity contribution in [2.45, 2.75) is 44.0 Å². The second kappa shape index (κ2) is 10.7. The highest BCUT2D eigenvalue weighted by molar-refractivity contribution is 8.01. The Morgan fingerprint density at radius 2 is 1.26 bits per heavy atom. The van der Waals surface area contributed by atoms with Crippen molar-refractivity contribution < 1.29 is 9.22 Å². The first-order valence-corrected chi connectivity index (χ1v) is 16.2. The van der Waals surface area contributed by atoms with Gasteiger partial charge in [0.1, 0.15) is 0 Å². The maximum atomic E-state index is 13.1. The zero-order valence-electron chi connectivity index (χ0n) is 21.4. The third kappa shape index (κ3) is 5.42. The third-order valence-electron chi connectivity index (χ3n) is 6.91. The summed E-state index contributed by atoms with van der Waals surface area (Å²) in [6.45, 7) is 11.7. The molecule has 184 valence electrons. The van der Waals surface area contributed by atoms with E-state index in [0.29, 0.717) is 6.61 Å². The van der Waals surface area contributed by atoms with E-state index in [2.05, 4.69) is 130 Å².